The number of carbonyl (C=O) groups is 1. The molecule has 0 radical (unpaired) electrons. The minimum absolute atomic E-state index is 0.109. The Kier molecular flexibility index (Phi) is 3.93. The highest BCUT2D eigenvalue weighted by atomic mass is 16.2. The quantitative estimate of drug-likeness (QED) is 0.743. The molecule has 0 bridgehead atoms. The molecule has 3 nitrogen and oxygen atoms in total. The van der Waals surface area contributed by atoms with Gasteiger partial charge in [0.25, 0.3) is 0 Å². The molecular weight excluding hydrogens is 176 g/mol. The summed E-state index contributed by atoms with van der Waals surface area (Å²) in [4.78, 5) is 14.1. The predicted octanol–water partition coefficient (Wildman–Crippen LogP) is 1.38. The molecule has 1 heterocycles. The Morgan fingerprint density at radius 1 is 1.36 bits per heavy atom. The van der Waals surface area contributed by atoms with Crippen LogP contribution in [0.25, 0.3) is 0 Å². The first-order chi connectivity index (χ1) is 6.52. The lowest BCUT2D eigenvalue weighted by Gasteiger charge is -2.27. The lowest BCUT2D eigenvalue weighted by atomic mass is 10.2. The van der Waals surface area contributed by atoms with Gasteiger partial charge in [0.15, 0.2) is 0 Å². The van der Waals surface area contributed by atoms with Crippen LogP contribution in [0.15, 0.2) is 0 Å². The normalized spacial score (nSPS) is 23.4. The molecular formula is C11H22N2O. The fraction of sp³-hybridized carbons (Fsp3) is 0.909. The second kappa shape index (κ2) is 4.78. The topological polar surface area (TPSA) is 32.3 Å². The van der Waals surface area contributed by atoms with E-state index < -0.39 is 0 Å². The van der Waals surface area contributed by atoms with Crippen LogP contribution in [0.1, 0.15) is 40.5 Å². The van der Waals surface area contributed by atoms with Crippen molar-refractivity contribution in [3.63, 3.8) is 0 Å². The molecule has 1 aliphatic rings. The fourth-order valence-electron chi connectivity index (χ4n) is 2.07. The molecule has 0 aromatic heterocycles. The van der Waals surface area contributed by atoms with Gasteiger partial charge >= 0.3 is 0 Å². The van der Waals surface area contributed by atoms with Gasteiger partial charge in [0.2, 0.25) is 5.91 Å². The minimum atomic E-state index is 0.109. The number of nitrogens with zero attached hydrogens (tertiary/aromatic N) is 1. The maximum Gasteiger partial charge on any atom is 0.237 e. The molecule has 0 aliphatic carbocycles. The zero-order valence-corrected chi connectivity index (χ0v) is 9.71. The van der Waals surface area contributed by atoms with E-state index in [2.05, 4.69) is 24.1 Å². The van der Waals surface area contributed by atoms with Gasteiger partial charge < -0.3 is 5.32 Å². The van der Waals surface area contributed by atoms with Crippen molar-refractivity contribution in [2.24, 2.45) is 0 Å². The SMILES string of the molecule is CC(C)NC(=O)[C@H]1CCCN1C(C)C. The van der Waals surface area contributed by atoms with Crippen LogP contribution in [-0.2, 0) is 4.79 Å². The van der Waals surface area contributed by atoms with Crippen LogP contribution in [0.5, 0.6) is 0 Å². The van der Waals surface area contributed by atoms with E-state index in [1.165, 1.54) is 0 Å². The van der Waals surface area contributed by atoms with Crippen LogP contribution in [0, 0.1) is 0 Å². The summed E-state index contributed by atoms with van der Waals surface area (Å²) in [6, 6.07) is 0.829. The molecule has 0 aromatic carbocycles. The van der Waals surface area contributed by atoms with Gasteiger partial charge in [0, 0.05) is 12.1 Å². The third-order valence-corrected chi connectivity index (χ3v) is 2.69. The van der Waals surface area contributed by atoms with Crippen molar-refractivity contribution in [2.45, 2.75) is 58.7 Å². The maximum absolute atomic E-state index is 11.8. The molecule has 1 fully saturated rings. The molecule has 14 heavy (non-hydrogen) atoms. The first-order valence-electron chi connectivity index (χ1n) is 5.58. The first kappa shape index (κ1) is 11.5. The Morgan fingerprint density at radius 2 is 2.00 bits per heavy atom. The van der Waals surface area contributed by atoms with Crippen molar-refractivity contribution in [3.8, 4) is 0 Å². The van der Waals surface area contributed by atoms with Gasteiger partial charge in [-0.25, -0.2) is 0 Å². The van der Waals surface area contributed by atoms with Gasteiger partial charge in [0.05, 0.1) is 6.04 Å². The smallest absolute Gasteiger partial charge is 0.237 e. The Balaban J connectivity index is 2.53. The standard InChI is InChI=1S/C11H22N2O/c1-8(2)12-11(14)10-6-5-7-13(10)9(3)4/h8-10H,5-7H2,1-4H3,(H,12,14)/t10-/m1/s1. The summed E-state index contributed by atoms with van der Waals surface area (Å²) in [6.07, 6.45) is 2.16. The molecule has 0 saturated carbocycles. The first-order valence-corrected chi connectivity index (χ1v) is 5.58. The van der Waals surface area contributed by atoms with Gasteiger partial charge in [0.1, 0.15) is 0 Å². The second-order valence-corrected chi connectivity index (χ2v) is 4.65. The Hall–Kier alpha value is -0.570. The van der Waals surface area contributed by atoms with E-state index in [0.29, 0.717) is 6.04 Å². The third kappa shape index (κ3) is 2.71. The highest BCUT2D eigenvalue weighted by Crippen LogP contribution is 2.19. The molecule has 82 valence electrons. The van der Waals surface area contributed by atoms with Crippen LogP contribution >= 0.6 is 0 Å². The zero-order chi connectivity index (χ0) is 10.7. The lowest BCUT2D eigenvalue weighted by molar-refractivity contribution is -0.126. The molecule has 1 saturated heterocycles. The molecule has 1 aliphatic heterocycles. The third-order valence-electron chi connectivity index (χ3n) is 2.69. The highest BCUT2D eigenvalue weighted by Gasteiger charge is 2.32. The number of nitrogens with one attached hydrogen (secondary N) is 1. The maximum atomic E-state index is 11.8. The van der Waals surface area contributed by atoms with Crippen LogP contribution in [0.2, 0.25) is 0 Å². The van der Waals surface area contributed by atoms with Crippen molar-refractivity contribution >= 4 is 5.91 Å². The zero-order valence-electron chi connectivity index (χ0n) is 9.71. The molecule has 1 amide bonds. The van der Waals surface area contributed by atoms with Crippen molar-refractivity contribution in [1.82, 2.24) is 10.2 Å². The summed E-state index contributed by atoms with van der Waals surface area (Å²) in [5.41, 5.74) is 0. The van der Waals surface area contributed by atoms with Gasteiger partial charge in [-0.05, 0) is 47.1 Å². The summed E-state index contributed by atoms with van der Waals surface area (Å²) in [6.45, 7) is 9.38. The summed E-state index contributed by atoms with van der Waals surface area (Å²) < 4.78 is 0. The molecule has 3 heteroatoms. The Morgan fingerprint density at radius 3 is 2.50 bits per heavy atom. The Bertz CT molecular complexity index is 201. The number of rotatable bonds is 3. The highest BCUT2D eigenvalue weighted by molar-refractivity contribution is 5.82. The van der Waals surface area contributed by atoms with E-state index in [9.17, 15) is 4.79 Å². The average molecular weight is 198 g/mol. The number of likely N-dealkylation sites (tertiary alicyclic amines) is 1. The van der Waals surface area contributed by atoms with E-state index >= 15 is 0 Å². The summed E-state index contributed by atoms with van der Waals surface area (Å²) in [7, 11) is 0. The number of hydrogen-bond donors (Lipinski definition) is 1. The van der Waals surface area contributed by atoms with Crippen molar-refractivity contribution in [2.75, 3.05) is 6.54 Å². The van der Waals surface area contributed by atoms with Gasteiger partial charge in [-0.1, -0.05) is 0 Å². The van der Waals surface area contributed by atoms with Gasteiger partial charge in [-0.15, -0.1) is 0 Å². The van der Waals surface area contributed by atoms with Crippen LogP contribution in [0.3, 0.4) is 0 Å². The number of amides is 1. The van der Waals surface area contributed by atoms with E-state index in [1.54, 1.807) is 0 Å². The lowest BCUT2D eigenvalue weighted by Crippen LogP contribution is -2.47. The molecule has 0 unspecified atom stereocenters. The van der Waals surface area contributed by atoms with Crippen LogP contribution in [0.4, 0.5) is 0 Å². The van der Waals surface area contributed by atoms with Crippen molar-refractivity contribution in [3.05, 3.63) is 0 Å². The molecule has 0 aromatic rings. The van der Waals surface area contributed by atoms with Crippen LogP contribution < -0.4 is 5.32 Å². The van der Waals surface area contributed by atoms with Gasteiger partial charge in [-0.2, -0.15) is 0 Å². The largest absolute Gasteiger partial charge is 0.353 e. The van der Waals surface area contributed by atoms with E-state index in [1.807, 2.05) is 13.8 Å². The number of hydrogen-bond acceptors (Lipinski definition) is 2. The molecule has 1 atom stereocenters. The summed E-state index contributed by atoms with van der Waals surface area (Å²) >= 11 is 0. The predicted molar refractivity (Wildman–Crippen MR) is 58.1 cm³/mol. The molecule has 1 rings (SSSR count). The van der Waals surface area contributed by atoms with Crippen LogP contribution in [-0.4, -0.2) is 35.5 Å². The minimum Gasteiger partial charge on any atom is -0.353 e. The van der Waals surface area contributed by atoms with E-state index in [-0.39, 0.29) is 18.0 Å². The fourth-order valence-corrected chi connectivity index (χ4v) is 2.07. The second-order valence-electron chi connectivity index (χ2n) is 4.65. The molecule has 0 spiro atoms. The van der Waals surface area contributed by atoms with E-state index in [4.69, 9.17) is 0 Å². The number of carbonyl (C=O) groups excluding carboxylic acids is 1. The molecule has 1 N–H and O–H groups in total. The summed E-state index contributed by atoms with van der Waals surface area (Å²) in [5, 5.41) is 2.99. The van der Waals surface area contributed by atoms with Gasteiger partial charge in [-0.3, -0.25) is 9.69 Å². The van der Waals surface area contributed by atoms with Crippen molar-refractivity contribution < 1.29 is 4.79 Å². The summed E-state index contributed by atoms with van der Waals surface area (Å²) in [5.74, 6) is 0.200. The van der Waals surface area contributed by atoms with Crippen molar-refractivity contribution in [1.29, 1.82) is 0 Å². The Labute approximate surface area is 86.9 Å². The average Bonchev–Trinajstić information content (AvgIpc) is 2.49. The van der Waals surface area contributed by atoms with E-state index in [0.717, 1.165) is 19.4 Å². The monoisotopic (exact) mass is 198 g/mol.